The molecule has 120 valence electrons. The molecule has 3 N–H and O–H groups in total. The van der Waals surface area contributed by atoms with Crippen molar-refractivity contribution in [2.24, 2.45) is 10.9 Å². The maximum atomic E-state index is 10.5. The summed E-state index contributed by atoms with van der Waals surface area (Å²) in [5.41, 5.74) is -0.0787. The molecule has 0 saturated heterocycles. The first-order valence-corrected chi connectivity index (χ1v) is 7.25. The van der Waals surface area contributed by atoms with Crippen LogP contribution in [0, 0.1) is 5.92 Å². The molecule has 0 saturated carbocycles. The lowest BCUT2D eigenvalue weighted by Crippen LogP contribution is -2.40. The van der Waals surface area contributed by atoms with E-state index in [0.717, 1.165) is 24.6 Å². The van der Waals surface area contributed by atoms with E-state index in [-0.39, 0.29) is 24.0 Å². The Balaban J connectivity index is 0.00000400. The minimum atomic E-state index is -0.957. The summed E-state index contributed by atoms with van der Waals surface area (Å²) in [5, 5.41) is 17.0. The van der Waals surface area contributed by atoms with Crippen LogP contribution in [-0.2, 0) is 5.60 Å². The topological polar surface area (TPSA) is 56.7 Å². The second-order valence-corrected chi connectivity index (χ2v) is 5.61. The second-order valence-electron chi connectivity index (χ2n) is 5.61. The molecule has 0 aliphatic rings. The van der Waals surface area contributed by atoms with E-state index in [9.17, 15) is 5.11 Å². The van der Waals surface area contributed by atoms with Gasteiger partial charge in [-0.1, -0.05) is 44.2 Å². The van der Waals surface area contributed by atoms with Crippen molar-refractivity contribution in [3.05, 3.63) is 35.9 Å². The first kappa shape index (κ1) is 20.2. The molecule has 1 rings (SSSR count). The van der Waals surface area contributed by atoms with Gasteiger partial charge < -0.3 is 15.7 Å². The van der Waals surface area contributed by atoms with Gasteiger partial charge >= 0.3 is 0 Å². The van der Waals surface area contributed by atoms with E-state index in [0.29, 0.717) is 12.5 Å². The van der Waals surface area contributed by atoms with E-state index in [1.807, 2.05) is 37.3 Å². The number of rotatable bonds is 6. The predicted molar refractivity (Wildman–Crippen MR) is 100 cm³/mol. The molecule has 0 fully saturated rings. The highest BCUT2D eigenvalue weighted by Gasteiger charge is 2.22. The second kappa shape index (κ2) is 10.00. The molecule has 0 radical (unpaired) electrons. The van der Waals surface area contributed by atoms with E-state index in [1.54, 1.807) is 6.92 Å². The Bertz CT molecular complexity index is 419. The third-order valence-electron chi connectivity index (χ3n) is 2.96. The summed E-state index contributed by atoms with van der Waals surface area (Å²) in [6.07, 6.45) is 0. The first-order chi connectivity index (χ1) is 9.45. The highest BCUT2D eigenvalue weighted by atomic mass is 127. The zero-order valence-electron chi connectivity index (χ0n) is 13.4. The van der Waals surface area contributed by atoms with Gasteiger partial charge in [-0.25, -0.2) is 4.99 Å². The van der Waals surface area contributed by atoms with Crippen LogP contribution in [0.25, 0.3) is 0 Å². The fraction of sp³-hybridized carbons (Fsp3) is 0.562. The molecule has 1 unspecified atom stereocenters. The van der Waals surface area contributed by atoms with Gasteiger partial charge in [-0.3, -0.25) is 0 Å². The van der Waals surface area contributed by atoms with E-state index in [1.165, 1.54) is 0 Å². The average molecular weight is 405 g/mol. The van der Waals surface area contributed by atoms with Crippen LogP contribution < -0.4 is 10.6 Å². The lowest BCUT2D eigenvalue weighted by atomic mass is 9.96. The molecule has 1 aromatic rings. The highest BCUT2D eigenvalue weighted by molar-refractivity contribution is 14.0. The maximum absolute atomic E-state index is 10.5. The molecule has 0 spiro atoms. The number of aliphatic imine (C=N–C) groups is 1. The lowest BCUT2D eigenvalue weighted by Gasteiger charge is -2.22. The normalized spacial score (nSPS) is 14.3. The number of nitrogens with zero attached hydrogens (tertiary/aromatic N) is 1. The van der Waals surface area contributed by atoms with Gasteiger partial charge in [0.25, 0.3) is 0 Å². The van der Waals surface area contributed by atoms with E-state index >= 15 is 0 Å². The monoisotopic (exact) mass is 405 g/mol. The summed E-state index contributed by atoms with van der Waals surface area (Å²) in [7, 11) is 0. The Morgan fingerprint density at radius 3 is 2.38 bits per heavy atom. The van der Waals surface area contributed by atoms with Gasteiger partial charge in [0.2, 0.25) is 0 Å². The molecular formula is C16H28IN3O. The minimum absolute atomic E-state index is 0. The highest BCUT2D eigenvalue weighted by Crippen LogP contribution is 2.20. The fourth-order valence-electron chi connectivity index (χ4n) is 1.76. The van der Waals surface area contributed by atoms with Crippen LogP contribution in [0.2, 0.25) is 0 Å². The summed E-state index contributed by atoms with van der Waals surface area (Å²) in [5.74, 6) is 1.30. The minimum Gasteiger partial charge on any atom is -0.384 e. The molecule has 0 heterocycles. The zero-order chi connectivity index (χ0) is 15.0. The first-order valence-electron chi connectivity index (χ1n) is 7.25. The van der Waals surface area contributed by atoms with E-state index in [2.05, 4.69) is 29.5 Å². The third-order valence-corrected chi connectivity index (χ3v) is 2.96. The molecule has 1 aromatic carbocycles. The van der Waals surface area contributed by atoms with Crippen LogP contribution in [0.15, 0.2) is 35.3 Å². The van der Waals surface area contributed by atoms with E-state index < -0.39 is 5.60 Å². The Kier molecular flexibility index (Phi) is 9.61. The van der Waals surface area contributed by atoms with E-state index in [4.69, 9.17) is 0 Å². The summed E-state index contributed by atoms with van der Waals surface area (Å²) in [4.78, 5) is 4.48. The Morgan fingerprint density at radius 2 is 1.86 bits per heavy atom. The molecular weight excluding hydrogens is 377 g/mol. The molecule has 21 heavy (non-hydrogen) atoms. The SMILES string of the molecule is CCNC(=NCC(C)(O)c1ccccc1)NCC(C)C.I. The van der Waals surface area contributed by atoms with Gasteiger partial charge in [0.15, 0.2) is 5.96 Å². The Morgan fingerprint density at radius 1 is 1.24 bits per heavy atom. The smallest absolute Gasteiger partial charge is 0.191 e. The van der Waals surface area contributed by atoms with Crippen molar-refractivity contribution in [3.8, 4) is 0 Å². The summed E-state index contributed by atoms with van der Waals surface area (Å²) >= 11 is 0. The van der Waals surface area contributed by atoms with Crippen molar-refractivity contribution in [3.63, 3.8) is 0 Å². The Hall–Kier alpha value is -0.820. The third kappa shape index (κ3) is 7.66. The molecule has 5 heteroatoms. The largest absolute Gasteiger partial charge is 0.384 e. The van der Waals surface area contributed by atoms with Gasteiger partial charge in [0.1, 0.15) is 5.60 Å². The number of aliphatic hydroxyl groups is 1. The van der Waals surface area contributed by atoms with Crippen LogP contribution in [0.1, 0.15) is 33.3 Å². The average Bonchev–Trinajstić information content (AvgIpc) is 2.43. The molecule has 0 aliphatic heterocycles. The quantitative estimate of drug-likeness (QED) is 0.388. The number of hydrogen-bond acceptors (Lipinski definition) is 2. The number of guanidine groups is 1. The molecule has 0 bridgehead atoms. The van der Waals surface area contributed by atoms with Crippen molar-refractivity contribution in [2.75, 3.05) is 19.6 Å². The number of halogens is 1. The van der Waals surface area contributed by atoms with Gasteiger partial charge in [0, 0.05) is 13.1 Å². The summed E-state index contributed by atoms with van der Waals surface area (Å²) in [6.45, 7) is 10.1. The van der Waals surface area contributed by atoms with Gasteiger partial charge in [-0.2, -0.15) is 0 Å². The number of nitrogens with one attached hydrogen (secondary N) is 2. The van der Waals surface area contributed by atoms with Crippen LogP contribution in [0.3, 0.4) is 0 Å². The van der Waals surface area contributed by atoms with Crippen molar-refractivity contribution < 1.29 is 5.11 Å². The van der Waals surface area contributed by atoms with Crippen molar-refractivity contribution >= 4 is 29.9 Å². The molecule has 0 aliphatic carbocycles. The molecule has 4 nitrogen and oxygen atoms in total. The van der Waals surface area contributed by atoms with Gasteiger partial charge in [-0.15, -0.1) is 24.0 Å². The van der Waals surface area contributed by atoms with Crippen molar-refractivity contribution in [2.45, 2.75) is 33.3 Å². The van der Waals surface area contributed by atoms with Crippen LogP contribution in [0.5, 0.6) is 0 Å². The molecule has 0 amide bonds. The lowest BCUT2D eigenvalue weighted by molar-refractivity contribution is 0.0672. The maximum Gasteiger partial charge on any atom is 0.191 e. The van der Waals surface area contributed by atoms with Gasteiger partial charge in [0.05, 0.1) is 6.54 Å². The van der Waals surface area contributed by atoms with Crippen LogP contribution in [0.4, 0.5) is 0 Å². The van der Waals surface area contributed by atoms with Crippen LogP contribution in [-0.4, -0.2) is 30.7 Å². The predicted octanol–water partition coefficient (Wildman–Crippen LogP) is 2.72. The Labute approximate surface area is 145 Å². The van der Waals surface area contributed by atoms with Crippen molar-refractivity contribution in [1.82, 2.24) is 10.6 Å². The summed E-state index contributed by atoms with van der Waals surface area (Å²) < 4.78 is 0. The van der Waals surface area contributed by atoms with Crippen molar-refractivity contribution in [1.29, 1.82) is 0 Å². The molecule has 1 atom stereocenters. The van der Waals surface area contributed by atoms with Gasteiger partial charge in [-0.05, 0) is 25.3 Å². The molecule has 0 aromatic heterocycles. The van der Waals surface area contributed by atoms with Crippen LogP contribution >= 0.6 is 24.0 Å². The zero-order valence-corrected chi connectivity index (χ0v) is 15.7. The number of hydrogen-bond donors (Lipinski definition) is 3. The standard InChI is InChI=1S/C16H27N3O.HI/c1-5-17-15(18-11-13(2)3)19-12-16(4,20)14-9-7-6-8-10-14;/h6-10,13,20H,5,11-12H2,1-4H3,(H2,17,18,19);1H. The summed E-state index contributed by atoms with van der Waals surface area (Å²) in [6, 6.07) is 9.64. The fourth-order valence-corrected chi connectivity index (χ4v) is 1.76. The number of benzene rings is 1.